The fourth-order valence-corrected chi connectivity index (χ4v) is 2.64. The summed E-state index contributed by atoms with van der Waals surface area (Å²) in [5.74, 6) is 2.93. The van der Waals surface area contributed by atoms with E-state index < -0.39 is 0 Å². The molecule has 0 saturated heterocycles. The van der Waals surface area contributed by atoms with Gasteiger partial charge in [-0.05, 0) is 29.7 Å². The van der Waals surface area contributed by atoms with Gasteiger partial charge in [0, 0.05) is 12.2 Å². The molecule has 2 aromatic carbocycles. The Morgan fingerprint density at radius 3 is 2.50 bits per heavy atom. The van der Waals surface area contributed by atoms with Crippen LogP contribution in [-0.2, 0) is 6.42 Å². The monoisotopic (exact) mass is 233 g/mol. The number of rotatable bonds is 1. The van der Waals surface area contributed by atoms with Crippen LogP contribution in [0, 0.1) is 12.3 Å². The molecule has 1 nitrogen and oxygen atoms in total. The second kappa shape index (κ2) is 4.58. The van der Waals surface area contributed by atoms with Gasteiger partial charge in [0.2, 0.25) is 0 Å². The van der Waals surface area contributed by atoms with Gasteiger partial charge in [-0.2, -0.15) is 0 Å². The molecule has 0 amide bonds. The topological polar surface area (TPSA) is 3.24 Å². The maximum atomic E-state index is 5.75. The molecule has 0 N–H and O–H groups in total. The third kappa shape index (κ3) is 1.76. The maximum absolute atomic E-state index is 5.75. The van der Waals surface area contributed by atoms with Crippen molar-refractivity contribution >= 4 is 5.69 Å². The highest BCUT2D eigenvalue weighted by Gasteiger charge is 2.25. The minimum atomic E-state index is 0.0531. The maximum Gasteiger partial charge on any atom is 0.116 e. The molecule has 0 spiro atoms. The lowest BCUT2D eigenvalue weighted by Crippen LogP contribution is -2.34. The predicted octanol–water partition coefficient (Wildman–Crippen LogP) is 3.42. The van der Waals surface area contributed by atoms with E-state index in [9.17, 15) is 0 Å². The van der Waals surface area contributed by atoms with Crippen LogP contribution in [0.4, 0.5) is 5.69 Å². The molecule has 2 aromatic rings. The summed E-state index contributed by atoms with van der Waals surface area (Å²) in [6.07, 6.45) is 6.81. The van der Waals surface area contributed by atoms with Crippen LogP contribution in [0.5, 0.6) is 0 Å². The molecule has 1 heteroatoms. The van der Waals surface area contributed by atoms with Crippen molar-refractivity contribution in [3.05, 3.63) is 65.7 Å². The summed E-state index contributed by atoms with van der Waals surface area (Å²) in [6.45, 7) is 0.982. The van der Waals surface area contributed by atoms with Gasteiger partial charge in [-0.15, -0.1) is 6.42 Å². The molecular weight excluding hydrogens is 218 g/mol. The summed E-state index contributed by atoms with van der Waals surface area (Å²) in [5.41, 5.74) is 3.86. The molecule has 1 aliphatic rings. The average molecular weight is 233 g/mol. The summed E-state index contributed by atoms with van der Waals surface area (Å²) in [5, 5.41) is 0. The summed E-state index contributed by atoms with van der Waals surface area (Å²) >= 11 is 0. The number of nitrogens with zero attached hydrogens (tertiary/aromatic N) is 1. The Kier molecular flexibility index (Phi) is 2.78. The Morgan fingerprint density at radius 2 is 1.72 bits per heavy atom. The first kappa shape index (κ1) is 10.9. The molecule has 18 heavy (non-hydrogen) atoms. The van der Waals surface area contributed by atoms with E-state index in [1.807, 2.05) is 6.07 Å². The van der Waals surface area contributed by atoms with Crippen molar-refractivity contribution in [1.29, 1.82) is 0 Å². The Balaban J connectivity index is 2.03. The molecule has 1 aliphatic heterocycles. The van der Waals surface area contributed by atoms with Crippen LogP contribution in [0.3, 0.4) is 0 Å². The van der Waals surface area contributed by atoms with Gasteiger partial charge in [-0.25, -0.2) is 0 Å². The molecule has 0 fully saturated rings. The minimum Gasteiger partial charge on any atom is -0.353 e. The van der Waals surface area contributed by atoms with E-state index in [0.717, 1.165) is 13.0 Å². The van der Waals surface area contributed by atoms with Crippen molar-refractivity contribution < 1.29 is 0 Å². The lowest BCUT2D eigenvalue weighted by molar-refractivity contribution is 0.682. The van der Waals surface area contributed by atoms with Gasteiger partial charge >= 0.3 is 0 Å². The highest BCUT2D eigenvalue weighted by molar-refractivity contribution is 5.54. The van der Waals surface area contributed by atoms with Gasteiger partial charge in [-0.1, -0.05) is 48.4 Å². The zero-order chi connectivity index (χ0) is 12.4. The Hall–Kier alpha value is -2.20. The molecule has 1 unspecified atom stereocenters. The number of terminal acetylenes is 1. The van der Waals surface area contributed by atoms with E-state index in [1.165, 1.54) is 16.8 Å². The Bertz CT molecular complexity index is 580. The molecule has 0 radical (unpaired) electrons. The van der Waals surface area contributed by atoms with Gasteiger partial charge in [0.15, 0.2) is 0 Å². The third-order valence-corrected chi connectivity index (χ3v) is 3.53. The smallest absolute Gasteiger partial charge is 0.116 e. The minimum absolute atomic E-state index is 0.0531. The van der Waals surface area contributed by atoms with Crippen LogP contribution in [0.1, 0.15) is 17.2 Å². The van der Waals surface area contributed by atoms with E-state index in [-0.39, 0.29) is 6.04 Å². The first-order chi connectivity index (χ1) is 8.90. The van der Waals surface area contributed by atoms with Gasteiger partial charge in [0.25, 0.3) is 0 Å². The van der Waals surface area contributed by atoms with Crippen molar-refractivity contribution in [2.45, 2.75) is 12.5 Å². The van der Waals surface area contributed by atoms with E-state index in [4.69, 9.17) is 6.42 Å². The summed E-state index contributed by atoms with van der Waals surface area (Å²) in [7, 11) is 0. The van der Waals surface area contributed by atoms with Gasteiger partial charge < -0.3 is 4.90 Å². The summed E-state index contributed by atoms with van der Waals surface area (Å²) < 4.78 is 0. The van der Waals surface area contributed by atoms with Gasteiger partial charge in [-0.3, -0.25) is 0 Å². The number of para-hydroxylation sites is 1. The number of hydrogen-bond donors (Lipinski definition) is 0. The van der Waals surface area contributed by atoms with Crippen molar-refractivity contribution in [2.75, 3.05) is 11.4 Å². The highest BCUT2D eigenvalue weighted by atomic mass is 15.2. The normalized spacial score (nSPS) is 17.9. The first-order valence-electron chi connectivity index (χ1n) is 6.26. The predicted molar refractivity (Wildman–Crippen MR) is 75.5 cm³/mol. The second-order valence-electron chi connectivity index (χ2n) is 4.55. The van der Waals surface area contributed by atoms with Crippen molar-refractivity contribution in [3.63, 3.8) is 0 Å². The highest BCUT2D eigenvalue weighted by Crippen LogP contribution is 2.32. The summed E-state index contributed by atoms with van der Waals surface area (Å²) in [6, 6.07) is 18.9. The van der Waals surface area contributed by atoms with Crippen LogP contribution in [0.15, 0.2) is 54.6 Å². The SMILES string of the molecule is C#CC1c2ccccc2CCN1c1ccccc1. The number of anilines is 1. The standard InChI is InChI=1S/C17H15N/c1-2-17-16-11-7-6-8-14(16)12-13-18(17)15-9-4-3-5-10-15/h1,3-11,17H,12-13H2. The fourth-order valence-electron chi connectivity index (χ4n) is 2.64. The molecule has 0 aliphatic carbocycles. The quantitative estimate of drug-likeness (QED) is 0.682. The van der Waals surface area contributed by atoms with Crippen molar-refractivity contribution in [3.8, 4) is 12.3 Å². The van der Waals surface area contributed by atoms with Crippen LogP contribution in [0.2, 0.25) is 0 Å². The Labute approximate surface area is 108 Å². The van der Waals surface area contributed by atoms with Crippen LogP contribution >= 0.6 is 0 Å². The molecule has 88 valence electrons. The zero-order valence-electron chi connectivity index (χ0n) is 10.2. The number of hydrogen-bond acceptors (Lipinski definition) is 1. The molecular formula is C17H15N. The molecule has 0 bridgehead atoms. The van der Waals surface area contributed by atoms with Gasteiger partial charge in [0.1, 0.15) is 6.04 Å². The molecule has 3 rings (SSSR count). The fraction of sp³-hybridized carbons (Fsp3) is 0.176. The average Bonchev–Trinajstić information content (AvgIpc) is 2.47. The van der Waals surface area contributed by atoms with Crippen molar-refractivity contribution in [2.24, 2.45) is 0 Å². The molecule has 1 heterocycles. The summed E-state index contributed by atoms with van der Waals surface area (Å²) in [4.78, 5) is 2.31. The number of benzene rings is 2. The molecule has 1 atom stereocenters. The second-order valence-corrected chi connectivity index (χ2v) is 4.55. The molecule has 0 aromatic heterocycles. The zero-order valence-corrected chi connectivity index (χ0v) is 10.2. The Morgan fingerprint density at radius 1 is 1.00 bits per heavy atom. The lowest BCUT2D eigenvalue weighted by Gasteiger charge is -2.36. The third-order valence-electron chi connectivity index (χ3n) is 3.53. The van der Waals surface area contributed by atoms with Crippen molar-refractivity contribution in [1.82, 2.24) is 0 Å². The number of fused-ring (bicyclic) bond motifs is 1. The van der Waals surface area contributed by atoms with Crippen LogP contribution < -0.4 is 4.90 Å². The van der Waals surface area contributed by atoms with E-state index in [2.05, 4.69) is 59.4 Å². The molecule has 0 saturated carbocycles. The lowest BCUT2D eigenvalue weighted by atomic mass is 9.92. The van der Waals surface area contributed by atoms with Crippen LogP contribution in [0.25, 0.3) is 0 Å². The van der Waals surface area contributed by atoms with E-state index in [1.54, 1.807) is 0 Å². The van der Waals surface area contributed by atoms with Crippen LogP contribution in [-0.4, -0.2) is 6.54 Å². The van der Waals surface area contributed by atoms with E-state index >= 15 is 0 Å². The first-order valence-corrected chi connectivity index (χ1v) is 6.26. The van der Waals surface area contributed by atoms with E-state index in [0.29, 0.717) is 0 Å². The van der Waals surface area contributed by atoms with Gasteiger partial charge in [0.05, 0.1) is 0 Å². The largest absolute Gasteiger partial charge is 0.353 e.